The van der Waals surface area contributed by atoms with Crippen LogP contribution < -0.4 is 10.6 Å². The Hall–Kier alpha value is -3.75. The minimum Gasteiger partial charge on any atom is -0.371 e. The lowest BCUT2D eigenvalue weighted by atomic mass is 10.1. The predicted molar refractivity (Wildman–Crippen MR) is 134 cm³/mol. The quantitative estimate of drug-likeness (QED) is 0.372. The van der Waals surface area contributed by atoms with E-state index in [1.54, 1.807) is 18.2 Å². The fraction of sp³-hybridized carbons (Fsp3) is 0.269. The van der Waals surface area contributed by atoms with E-state index in [1.807, 2.05) is 30.3 Å². The molecule has 0 saturated carbocycles. The highest BCUT2D eigenvalue weighted by Crippen LogP contribution is 2.23. The second kappa shape index (κ2) is 11.4. The van der Waals surface area contributed by atoms with Crippen molar-refractivity contribution < 1.29 is 9.72 Å². The van der Waals surface area contributed by atoms with Gasteiger partial charge < -0.3 is 10.6 Å². The maximum atomic E-state index is 12.3. The van der Waals surface area contributed by atoms with Gasteiger partial charge in [0.2, 0.25) is 5.91 Å². The number of benzene rings is 3. The second-order valence-electron chi connectivity index (χ2n) is 8.41. The van der Waals surface area contributed by atoms with Crippen LogP contribution in [0, 0.1) is 10.1 Å². The topological polar surface area (TPSA) is 90.7 Å². The highest BCUT2D eigenvalue weighted by molar-refractivity contribution is 5.94. The van der Waals surface area contributed by atoms with Crippen LogP contribution in [0.1, 0.15) is 11.1 Å². The Balaban J connectivity index is 1.21. The number of hydrogen-bond donors (Lipinski definition) is 2. The number of carbonyl (C=O) groups excluding carboxylic acids is 1. The van der Waals surface area contributed by atoms with Crippen molar-refractivity contribution in [3.63, 3.8) is 0 Å². The zero-order chi connectivity index (χ0) is 23.8. The average molecular weight is 460 g/mol. The van der Waals surface area contributed by atoms with Crippen LogP contribution in [0.2, 0.25) is 0 Å². The molecule has 1 saturated heterocycles. The molecule has 0 aromatic heterocycles. The monoisotopic (exact) mass is 459 g/mol. The second-order valence-corrected chi connectivity index (χ2v) is 8.41. The number of nitro benzene ring substituents is 1. The van der Waals surface area contributed by atoms with Crippen molar-refractivity contribution in [1.82, 2.24) is 9.80 Å². The summed E-state index contributed by atoms with van der Waals surface area (Å²) in [5.41, 5.74) is 3.52. The van der Waals surface area contributed by atoms with E-state index < -0.39 is 4.92 Å². The Morgan fingerprint density at radius 3 is 1.97 bits per heavy atom. The van der Waals surface area contributed by atoms with Gasteiger partial charge in [0.15, 0.2) is 0 Å². The molecule has 0 aliphatic carbocycles. The van der Waals surface area contributed by atoms with Gasteiger partial charge in [-0.05, 0) is 29.3 Å². The van der Waals surface area contributed by atoms with Gasteiger partial charge in [0, 0.05) is 51.0 Å². The largest absolute Gasteiger partial charge is 0.371 e. The van der Waals surface area contributed by atoms with Gasteiger partial charge in [-0.3, -0.25) is 24.7 Å². The third kappa shape index (κ3) is 6.63. The first-order valence-corrected chi connectivity index (χ1v) is 11.4. The summed E-state index contributed by atoms with van der Waals surface area (Å²) in [5.74, 6) is -0.263. The number of carbonyl (C=O) groups is 1. The van der Waals surface area contributed by atoms with Crippen molar-refractivity contribution >= 4 is 23.0 Å². The van der Waals surface area contributed by atoms with E-state index in [0.29, 0.717) is 11.4 Å². The first-order valence-electron chi connectivity index (χ1n) is 11.4. The number of amides is 1. The summed E-state index contributed by atoms with van der Waals surface area (Å²) in [6.07, 6.45) is 0. The number of nitrogens with one attached hydrogen (secondary N) is 2. The van der Waals surface area contributed by atoms with Crippen LogP contribution in [0.4, 0.5) is 17.1 Å². The van der Waals surface area contributed by atoms with Crippen LogP contribution in [0.25, 0.3) is 0 Å². The molecule has 0 unspecified atom stereocenters. The Morgan fingerprint density at radius 2 is 1.35 bits per heavy atom. The van der Waals surface area contributed by atoms with Gasteiger partial charge in [0.1, 0.15) is 5.69 Å². The smallest absolute Gasteiger partial charge is 0.292 e. The van der Waals surface area contributed by atoms with Gasteiger partial charge in [-0.25, -0.2) is 0 Å². The number of hydrogen-bond acceptors (Lipinski definition) is 6. The standard InChI is InChI=1S/C26H29N5O3/c32-26(18-27-24-8-4-5-9-25(24)31(33)34)28-23-12-10-22(11-13-23)20-30-16-14-29(15-17-30)19-21-6-2-1-3-7-21/h1-13,27H,14-20H2,(H,28,32). The van der Waals surface area contributed by atoms with Crippen LogP contribution in [0.15, 0.2) is 78.9 Å². The lowest BCUT2D eigenvalue weighted by Crippen LogP contribution is -2.45. The van der Waals surface area contributed by atoms with E-state index in [-0.39, 0.29) is 18.1 Å². The summed E-state index contributed by atoms with van der Waals surface area (Å²) in [5, 5.41) is 16.7. The normalized spacial score (nSPS) is 14.5. The Labute approximate surface area is 199 Å². The Morgan fingerprint density at radius 1 is 0.794 bits per heavy atom. The average Bonchev–Trinajstić information content (AvgIpc) is 2.86. The minimum absolute atomic E-state index is 0.0550. The molecule has 1 amide bonds. The molecule has 2 N–H and O–H groups in total. The van der Waals surface area contributed by atoms with E-state index >= 15 is 0 Å². The van der Waals surface area contributed by atoms with Crippen LogP contribution in [-0.2, 0) is 17.9 Å². The number of rotatable bonds is 9. The van der Waals surface area contributed by atoms with Gasteiger partial charge in [-0.2, -0.15) is 0 Å². The van der Waals surface area contributed by atoms with Crippen LogP contribution in [0.3, 0.4) is 0 Å². The first kappa shape index (κ1) is 23.4. The number of nitrogens with zero attached hydrogens (tertiary/aromatic N) is 3. The molecule has 8 heteroatoms. The minimum atomic E-state index is -0.470. The molecule has 0 bridgehead atoms. The fourth-order valence-electron chi connectivity index (χ4n) is 4.06. The molecule has 0 atom stereocenters. The molecule has 1 fully saturated rings. The SMILES string of the molecule is O=C(CNc1ccccc1[N+](=O)[O-])Nc1ccc(CN2CCN(Cc3ccccc3)CC2)cc1. The van der Waals surface area contributed by atoms with E-state index in [4.69, 9.17) is 0 Å². The number of nitro groups is 1. The molecule has 8 nitrogen and oxygen atoms in total. The third-order valence-corrected chi connectivity index (χ3v) is 5.90. The van der Waals surface area contributed by atoms with Crippen molar-refractivity contribution in [2.75, 3.05) is 43.4 Å². The predicted octanol–water partition coefficient (Wildman–Crippen LogP) is 3.96. The molecule has 34 heavy (non-hydrogen) atoms. The highest BCUT2D eigenvalue weighted by Gasteiger charge is 2.17. The maximum Gasteiger partial charge on any atom is 0.292 e. The van der Waals surface area contributed by atoms with E-state index in [9.17, 15) is 14.9 Å². The van der Waals surface area contributed by atoms with Gasteiger partial charge in [-0.1, -0.05) is 54.6 Å². The lowest BCUT2D eigenvalue weighted by molar-refractivity contribution is -0.383. The molecular formula is C26H29N5O3. The number of piperazine rings is 1. The van der Waals surface area contributed by atoms with Crippen LogP contribution in [-0.4, -0.2) is 53.4 Å². The maximum absolute atomic E-state index is 12.3. The molecule has 1 aliphatic rings. The van der Waals surface area contributed by atoms with Crippen molar-refractivity contribution in [1.29, 1.82) is 0 Å². The lowest BCUT2D eigenvalue weighted by Gasteiger charge is -2.34. The zero-order valence-electron chi connectivity index (χ0n) is 19.0. The van der Waals surface area contributed by atoms with Crippen molar-refractivity contribution in [3.8, 4) is 0 Å². The molecule has 0 radical (unpaired) electrons. The molecule has 3 aromatic rings. The summed E-state index contributed by atoms with van der Waals surface area (Å²) in [6, 6.07) is 24.7. The van der Waals surface area contributed by atoms with Gasteiger partial charge >= 0.3 is 0 Å². The summed E-state index contributed by atoms with van der Waals surface area (Å²) < 4.78 is 0. The van der Waals surface area contributed by atoms with E-state index in [0.717, 1.165) is 39.3 Å². The van der Waals surface area contributed by atoms with Gasteiger partial charge in [0.05, 0.1) is 11.5 Å². The van der Waals surface area contributed by atoms with E-state index in [2.05, 4.69) is 44.7 Å². The molecular weight excluding hydrogens is 430 g/mol. The number of para-hydroxylation sites is 2. The molecule has 0 spiro atoms. The van der Waals surface area contributed by atoms with Crippen molar-refractivity contribution in [3.05, 3.63) is 100 Å². The van der Waals surface area contributed by atoms with Gasteiger partial charge in [0.25, 0.3) is 5.69 Å². The summed E-state index contributed by atoms with van der Waals surface area (Å²) in [6.45, 7) is 5.98. The Kier molecular flexibility index (Phi) is 7.85. The molecule has 176 valence electrons. The van der Waals surface area contributed by atoms with E-state index in [1.165, 1.54) is 17.2 Å². The number of anilines is 2. The first-order chi connectivity index (χ1) is 16.6. The van der Waals surface area contributed by atoms with Crippen molar-refractivity contribution in [2.24, 2.45) is 0 Å². The molecule has 3 aromatic carbocycles. The van der Waals surface area contributed by atoms with Crippen LogP contribution in [0.5, 0.6) is 0 Å². The third-order valence-electron chi connectivity index (χ3n) is 5.90. The summed E-state index contributed by atoms with van der Waals surface area (Å²) in [7, 11) is 0. The zero-order valence-corrected chi connectivity index (χ0v) is 19.0. The van der Waals surface area contributed by atoms with Crippen LogP contribution >= 0.6 is 0 Å². The summed E-state index contributed by atoms with van der Waals surface area (Å²) in [4.78, 5) is 27.8. The Bertz CT molecular complexity index is 1100. The fourth-order valence-corrected chi connectivity index (χ4v) is 4.06. The highest BCUT2D eigenvalue weighted by atomic mass is 16.6. The van der Waals surface area contributed by atoms with Crippen molar-refractivity contribution in [2.45, 2.75) is 13.1 Å². The molecule has 4 rings (SSSR count). The molecule has 1 aliphatic heterocycles. The molecule has 1 heterocycles. The summed E-state index contributed by atoms with van der Waals surface area (Å²) >= 11 is 0. The van der Waals surface area contributed by atoms with Gasteiger partial charge in [-0.15, -0.1) is 0 Å².